The molecule has 0 unspecified atom stereocenters. The summed E-state index contributed by atoms with van der Waals surface area (Å²) in [6, 6.07) is 3.94. The average molecular weight is 495 g/mol. The fourth-order valence-electron chi connectivity index (χ4n) is 4.29. The number of nitrogens with zero attached hydrogens (tertiary/aromatic N) is 2. The molecule has 2 saturated heterocycles. The van der Waals surface area contributed by atoms with Crippen molar-refractivity contribution in [3.63, 3.8) is 0 Å². The molecule has 2 amide bonds. The van der Waals surface area contributed by atoms with Gasteiger partial charge in [-0.2, -0.15) is 0 Å². The predicted octanol–water partition coefficient (Wildman–Crippen LogP) is 1.62. The van der Waals surface area contributed by atoms with Crippen LogP contribution >= 0.6 is 15.9 Å². The molecule has 2 bridgehead atoms. The van der Waals surface area contributed by atoms with Gasteiger partial charge in [0.2, 0.25) is 11.8 Å². The van der Waals surface area contributed by atoms with E-state index >= 15 is 0 Å². The number of halogens is 1. The largest absolute Gasteiger partial charge is 0.422 e. The van der Waals surface area contributed by atoms with Crippen LogP contribution in [0.2, 0.25) is 0 Å². The van der Waals surface area contributed by atoms with Crippen LogP contribution in [0.15, 0.2) is 34.8 Å². The van der Waals surface area contributed by atoms with Gasteiger partial charge in [0.25, 0.3) is 12.0 Å². The molecule has 31 heavy (non-hydrogen) atoms. The summed E-state index contributed by atoms with van der Waals surface area (Å²) >= 11 is 3.13. The summed E-state index contributed by atoms with van der Waals surface area (Å²) in [4.78, 5) is 61.4. The molecule has 4 atom stereocenters. The van der Waals surface area contributed by atoms with Crippen molar-refractivity contribution in [1.29, 1.82) is 0 Å². The van der Waals surface area contributed by atoms with Crippen molar-refractivity contribution in [2.45, 2.75) is 31.8 Å². The number of esters is 2. The normalized spacial score (nSPS) is 28.3. The summed E-state index contributed by atoms with van der Waals surface area (Å²) < 4.78 is 16.5. The Balaban J connectivity index is 1.79. The molecule has 3 aliphatic rings. The number of carbonyl (C=O) groups is 4. The van der Waals surface area contributed by atoms with Crippen molar-refractivity contribution in [3.8, 4) is 0 Å². The summed E-state index contributed by atoms with van der Waals surface area (Å²) in [6.07, 6.45) is 0.483. The molecule has 0 aromatic heterocycles. The second kappa shape index (κ2) is 7.24. The molecular weight excluding hydrogens is 480 g/mol. The van der Waals surface area contributed by atoms with Gasteiger partial charge in [-0.3, -0.25) is 29.3 Å². The van der Waals surface area contributed by atoms with Crippen molar-refractivity contribution >= 4 is 51.1 Å². The van der Waals surface area contributed by atoms with E-state index in [1.165, 1.54) is 30.4 Å². The van der Waals surface area contributed by atoms with Crippen LogP contribution in [-0.4, -0.2) is 46.7 Å². The highest BCUT2D eigenvalue weighted by Gasteiger charge is 2.72. The highest BCUT2D eigenvalue weighted by molar-refractivity contribution is 9.10. The van der Waals surface area contributed by atoms with Gasteiger partial charge in [0.1, 0.15) is 5.69 Å². The van der Waals surface area contributed by atoms with Crippen LogP contribution in [0, 0.1) is 22.0 Å². The van der Waals surface area contributed by atoms with Gasteiger partial charge in [-0.25, -0.2) is 4.90 Å². The van der Waals surface area contributed by atoms with E-state index in [0.717, 1.165) is 18.7 Å². The Labute approximate surface area is 183 Å². The van der Waals surface area contributed by atoms with Crippen LogP contribution in [0.4, 0.5) is 11.4 Å². The molecule has 0 aliphatic carbocycles. The monoisotopic (exact) mass is 494 g/mol. The molecule has 0 saturated carbocycles. The summed E-state index contributed by atoms with van der Waals surface area (Å²) in [5.74, 6) is -5.28. The van der Waals surface area contributed by atoms with Crippen molar-refractivity contribution in [2.75, 3.05) is 4.90 Å². The molecule has 162 valence electrons. The molecule has 11 nitrogen and oxygen atoms in total. The second-order valence-electron chi connectivity index (χ2n) is 7.25. The van der Waals surface area contributed by atoms with Gasteiger partial charge >= 0.3 is 11.9 Å². The van der Waals surface area contributed by atoms with E-state index in [0.29, 0.717) is 4.47 Å². The number of ether oxygens (including phenoxy) is 3. The van der Waals surface area contributed by atoms with E-state index in [2.05, 4.69) is 15.9 Å². The zero-order valence-corrected chi connectivity index (χ0v) is 17.7. The number of benzene rings is 1. The Bertz CT molecular complexity index is 1050. The Morgan fingerprint density at radius 2 is 1.87 bits per heavy atom. The van der Waals surface area contributed by atoms with E-state index in [-0.39, 0.29) is 5.69 Å². The van der Waals surface area contributed by atoms with Crippen molar-refractivity contribution < 1.29 is 38.3 Å². The molecule has 1 aromatic carbocycles. The first-order chi connectivity index (χ1) is 14.6. The minimum absolute atomic E-state index is 0.191. The highest BCUT2D eigenvalue weighted by atomic mass is 79.9. The minimum atomic E-state index is -1.72. The van der Waals surface area contributed by atoms with Gasteiger partial charge in [0, 0.05) is 24.4 Å². The maximum absolute atomic E-state index is 13.4. The zero-order valence-electron chi connectivity index (χ0n) is 16.1. The Hall–Kier alpha value is -3.12. The van der Waals surface area contributed by atoms with Crippen LogP contribution in [0.3, 0.4) is 0 Å². The van der Waals surface area contributed by atoms with Crippen LogP contribution < -0.4 is 4.90 Å². The van der Waals surface area contributed by atoms with Crippen LogP contribution in [0.25, 0.3) is 0 Å². The first kappa shape index (κ1) is 21.1. The molecule has 2 fully saturated rings. The lowest BCUT2D eigenvalue weighted by Gasteiger charge is -2.34. The highest BCUT2D eigenvalue weighted by Crippen LogP contribution is 2.55. The summed E-state index contributed by atoms with van der Waals surface area (Å²) in [7, 11) is 0. The van der Waals surface area contributed by atoms with E-state index in [4.69, 9.17) is 14.2 Å². The van der Waals surface area contributed by atoms with Gasteiger partial charge in [0.05, 0.1) is 22.9 Å². The standard InChI is InChI=1S/C19H15BrN2O9/c1-8(23)29-18(30-9(2)24)19-6-5-13(31-19)14-15(19)17(26)21(16(14)25)11-4-3-10(20)7-12(11)22(27)28/h3-7,13-15,18H,1-2H3/t13-,14-,15+,19+/m1/s1. The van der Waals surface area contributed by atoms with Crippen molar-refractivity contribution in [2.24, 2.45) is 11.8 Å². The van der Waals surface area contributed by atoms with Gasteiger partial charge in [-0.05, 0) is 18.2 Å². The van der Waals surface area contributed by atoms with E-state index in [1.807, 2.05) is 0 Å². The third kappa shape index (κ3) is 3.13. The number of hydrogen-bond donors (Lipinski definition) is 0. The smallest absolute Gasteiger partial charge is 0.305 e. The average Bonchev–Trinajstić information content (AvgIpc) is 3.32. The lowest BCUT2D eigenvalue weighted by atomic mass is 9.76. The molecule has 1 aromatic rings. The summed E-state index contributed by atoms with van der Waals surface area (Å²) in [5.41, 5.74) is -2.36. The number of anilines is 1. The number of fused-ring (bicyclic) bond motifs is 5. The molecule has 0 N–H and O–H groups in total. The first-order valence-corrected chi connectivity index (χ1v) is 9.89. The Morgan fingerprint density at radius 3 is 2.45 bits per heavy atom. The quantitative estimate of drug-likeness (QED) is 0.149. The van der Waals surface area contributed by atoms with Gasteiger partial charge < -0.3 is 14.2 Å². The van der Waals surface area contributed by atoms with Crippen LogP contribution in [0.1, 0.15) is 13.8 Å². The van der Waals surface area contributed by atoms with Gasteiger partial charge in [-0.15, -0.1) is 0 Å². The number of rotatable bonds is 5. The molecule has 3 heterocycles. The maximum atomic E-state index is 13.4. The second-order valence-corrected chi connectivity index (χ2v) is 8.17. The van der Waals surface area contributed by atoms with Gasteiger partial charge in [0.15, 0.2) is 5.60 Å². The lowest BCUT2D eigenvalue weighted by Crippen LogP contribution is -2.52. The topological polar surface area (TPSA) is 142 Å². The number of hydrogen-bond acceptors (Lipinski definition) is 9. The fraction of sp³-hybridized carbons (Fsp3) is 0.368. The number of carbonyl (C=O) groups excluding carboxylic acids is 4. The zero-order chi connectivity index (χ0) is 22.7. The van der Waals surface area contributed by atoms with Crippen LogP contribution in [0.5, 0.6) is 0 Å². The number of nitro benzene ring substituents is 1. The fourth-order valence-corrected chi connectivity index (χ4v) is 4.64. The summed E-state index contributed by atoms with van der Waals surface area (Å²) in [6.45, 7) is 2.18. The first-order valence-electron chi connectivity index (χ1n) is 9.10. The molecule has 3 aliphatic heterocycles. The molecule has 0 spiro atoms. The molecule has 4 rings (SSSR count). The molecular formula is C19H15BrN2O9. The third-order valence-electron chi connectivity index (χ3n) is 5.37. The maximum Gasteiger partial charge on any atom is 0.305 e. The Morgan fingerprint density at radius 1 is 1.23 bits per heavy atom. The SMILES string of the molecule is CC(=O)OC(OC(C)=O)[C@@]12C=C[C@@H](O1)[C@H]1C(=O)N(c3ccc(Br)cc3[N+](=O)[O-])C(=O)[C@H]12. The van der Waals surface area contributed by atoms with E-state index in [1.54, 1.807) is 0 Å². The number of nitro groups is 1. The Kier molecular flexibility index (Phi) is 4.93. The number of imide groups is 1. The third-order valence-corrected chi connectivity index (χ3v) is 5.86. The van der Waals surface area contributed by atoms with E-state index < -0.39 is 64.2 Å². The van der Waals surface area contributed by atoms with E-state index in [9.17, 15) is 29.3 Å². The summed E-state index contributed by atoms with van der Waals surface area (Å²) in [5, 5.41) is 11.5. The van der Waals surface area contributed by atoms with Crippen molar-refractivity contribution in [1.82, 2.24) is 0 Å². The predicted molar refractivity (Wildman–Crippen MR) is 104 cm³/mol. The number of amides is 2. The molecule has 0 radical (unpaired) electrons. The van der Waals surface area contributed by atoms with Crippen LogP contribution in [-0.2, 0) is 33.4 Å². The minimum Gasteiger partial charge on any atom is -0.422 e. The van der Waals surface area contributed by atoms with Gasteiger partial charge in [-0.1, -0.05) is 22.0 Å². The van der Waals surface area contributed by atoms with Crippen molar-refractivity contribution in [3.05, 3.63) is 44.9 Å². The molecule has 12 heteroatoms. The lowest BCUT2D eigenvalue weighted by molar-refractivity contribution is -0.384.